The van der Waals surface area contributed by atoms with Crippen molar-refractivity contribution < 1.29 is 14.0 Å². The number of tetrazole rings is 1. The molecule has 3 aromatic rings. The van der Waals surface area contributed by atoms with E-state index in [9.17, 15) is 9.59 Å². The number of furan rings is 1. The Morgan fingerprint density at radius 3 is 2.33 bits per heavy atom. The smallest absolute Gasteiger partial charge is 0.289 e. The number of benzene rings is 1. The molecule has 1 atom stereocenters. The van der Waals surface area contributed by atoms with E-state index >= 15 is 0 Å². The molecule has 0 spiro atoms. The molecule has 4 rings (SSSR count). The molecular formula is C18H18N6O3. The van der Waals surface area contributed by atoms with Crippen LogP contribution in [0.3, 0.4) is 0 Å². The van der Waals surface area contributed by atoms with Crippen LogP contribution in [0.1, 0.15) is 22.2 Å². The van der Waals surface area contributed by atoms with Crippen LogP contribution in [-0.2, 0) is 4.79 Å². The van der Waals surface area contributed by atoms with Gasteiger partial charge in [0.15, 0.2) is 11.8 Å². The number of aromatic nitrogens is 4. The summed E-state index contributed by atoms with van der Waals surface area (Å²) in [6.07, 6.45) is 2.91. The average Bonchev–Trinajstić information content (AvgIpc) is 3.43. The summed E-state index contributed by atoms with van der Waals surface area (Å²) in [7, 11) is 0. The largest absolute Gasteiger partial charge is 0.459 e. The van der Waals surface area contributed by atoms with Gasteiger partial charge < -0.3 is 14.2 Å². The molecule has 0 radical (unpaired) electrons. The van der Waals surface area contributed by atoms with E-state index in [4.69, 9.17) is 4.42 Å². The monoisotopic (exact) mass is 366 g/mol. The maximum atomic E-state index is 13.2. The van der Waals surface area contributed by atoms with E-state index in [0.29, 0.717) is 31.9 Å². The molecule has 3 heterocycles. The van der Waals surface area contributed by atoms with Crippen molar-refractivity contribution in [1.82, 2.24) is 30.0 Å². The third-order valence-electron chi connectivity index (χ3n) is 4.59. The van der Waals surface area contributed by atoms with Crippen LogP contribution in [0.5, 0.6) is 0 Å². The van der Waals surface area contributed by atoms with Gasteiger partial charge in [-0.1, -0.05) is 30.3 Å². The Kier molecular flexibility index (Phi) is 4.65. The van der Waals surface area contributed by atoms with Crippen LogP contribution in [-0.4, -0.2) is 68.0 Å². The number of nitrogens with zero attached hydrogens (tertiary/aromatic N) is 6. The Balaban J connectivity index is 1.48. The van der Waals surface area contributed by atoms with Gasteiger partial charge in [-0.15, -0.1) is 5.10 Å². The van der Waals surface area contributed by atoms with Crippen LogP contribution in [0, 0.1) is 0 Å². The fourth-order valence-corrected chi connectivity index (χ4v) is 3.19. The van der Waals surface area contributed by atoms with Crippen molar-refractivity contribution in [2.75, 3.05) is 26.2 Å². The molecule has 1 saturated heterocycles. The molecule has 138 valence electrons. The minimum Gasteiger partial charge on any atom is -0.459 e. The topological polar surface area (TPSA) is 97.4 Å². The molecule has 0 bridgehead atoms. The molecule has 0 unspecified atom stereocenters. The van der Waals surface area contributed by atoms with Crippen molar-refractivity contribution in [3.63, 3.8) is 0 Å². The van der Waals surface area contributed by atoms with Gasteiger partial charge in [0.05, 0.1) is 6.26 Å². The van der Waals surface area contributed by atoms with Gasteiger partial charge in [0, 0.05) is 26.2 Å². The first-order valence-corrected chi connectivity index (χ1v) is 8.63. The first kappa shape index (κ1) is 17.0. The third-order valence-corrected chi connectivity index (χ3v) is 4.59. The van der Waals surface area contributed by atoms with E-state index in [0.717, 1.165) is 5.56 Å². The zero-order valence-electron chi connectivity index (χ0n) is 14.5. The van der Waals surface area contributed by atoms with E-state index in [-0.39, 0.29) is 11.8 Å². The minimum absolute atomic E-state index is 0.0985. The highest BCUT2D eigenvalue weighted by molar-refractivity contribution is 5.91. The molecule has 1 aliphatic rings. The number of piperazine rings is 1. The standard InChI is InChI=1S/C18H18N6O3/c25-17(15-7-4-12-27-15)22-8-10-23(11-9-22)18(26)16(24-13-19-20-21-24)14-5-2-1-3-6-14/h1-7,12-13,16H,8-11H2/t16-/m1/s1. The summed E-state index contributed by atoms with van der Waals surface area (Å²) in [5.41, 5.74) is 0.809. The van der Waals surface area contributed by atoms with Crippen LogP contribution in [0.2, 0.25) is 0 Å². The number of carbonyl (C=O) groups excluding carboxylic acids is 2. The number of amides is 2. The van der Waals surface area contributed by atoms with Gasteiger partial charge in [-0.3, -0.25) is 9.59 Å². The molecule has 2 amide bonds. The maximum absolute atomic E-state index is 13.2. The molecule has 1 fully saturated rings. The Labute approximate surface area is 155 Å². The lowest BCUT2D eigenvalue weighted by Gasteiger charge is -2.36. The maximum Gasteiger partial charge on any atom is 0.289 e. The predicted molar refractivity (Wildman–Crippen MR) is 93.6 cm³/mol. The normalized spacial score (nSPS) is 15.6. The number of rotatable bonds is 4. The second-order valence-corrected chi connectivity index (χ2v) is 6.20. The highest BCUT2D eigenvalue weighted by Gasteiger charge is 2.32. The summed E-state index contributed by atoms with van der Waals surface area (Å²) in [4.78, 5) is 29.0. The number of hydrogen-bond donors (Lipinski definition) is 0. The van der Waals surface area contributed by atoms with Crippen molar-refractivity contribution in [3.05, 3.63) is 66.4 Å². The highest BCUT2D eigenvalue weighted by atomic mass is 16.3. The SMILES string of the molecule is O=C(c1ccco1)N1CCN(C(=O)[C@@H](c2ccccc2)n2cnnn2)CC1. The lowest BCUT2D eigenvalue weighted by Crippen LogP contribution is -2.52. The van der Waals surface area contributed by atoms with Gasteiger partial charge >= 0.3 is 0 Å². The van der Waals surface area contributed by atoms with Crippen LogP contribution in [0.4, 0.5) is 0 Å². The van der Waals surface area contributed by atoms with Gasteiger partial charge in [0.25, 0.3) is 11.8 Å². The Morgan fingerprint density at radius 1 is 0.963 bits per heavy atom. The number of hydrogen-bond acceptors (Lipinski definition) is 6. The van der Waals surface area contributed by atoms with Crippen molar-refractivity contribution in [1.29, 1.82) is 0 Å². The summed E-state index contributed by atoms with van der Waals surface area (Å²) in [6, 6.07) is 12.1. The third kappa shape index (κ3) is 3.43. The van der Waals surface area contributed by atoms with E-state index in [2.05, 4.69) is 15.5 Å². The zero-order valence-corrected chi connectivity index (χ0v) is 14.5. The van der Waals surface area contributed by atoms with Gasteiger partial charge in [-0.25, -0.2) is 4.68 Å². The first-order valence-electron chi connectivity index (χ1n) is 8.63. The van der Waals surface area contributed by atoms with E-state index in [1.54, 1.807) is 21.9 Å². The molecule has 9 heteroatoms. The number of carbonyl (C=O) groups is 2. The molecule has 0 saturated carbocycles. The Morgan fingerprint density at radius 2 is 1.70 bits per heavy atom. The predicted octanol–water partition coefficient (Wildman–Crippen LogP) is 0.840. The molecule has 9 nitrogen and oxygen atoms in total. The fourth-order valence-electron chi connectivity index (χ4n) is 3.19. The molecular weight excluding hydrogens is 348 g/mol. The second kappa shape index (κ2) is 7.40. The van der Waals surface area contributed by atoms with Crippen LogP contribution >= 0.6 is 0 Å². The lowest BCUT2D eigenvalue weighted by molar-refractivity contribution is -0.135. The summed E-state index contributed by atoms with van der Waals surface area (Å²) in [5.74, 6) is 0.0522. The van der Waals surface area contributed by atoms with Crippen molar-refractivity contribution in [2.45, 2.75) is 6.04 Å². The molecule has 27 heavy (non-hydrogen) atoms. The van der Waals surface area contributed by atoms with Gasteiger partial charge in [-0.2, -0.15) is 0 Å². The van der Waals surface area contributed by atoms with Gasteiger partial charge in [0.2, 0.25) is 0 Å². The second-order valence-electron chi connectivity index (χ2n) is 6.20. The van der Waals surface area contributed by atoms with E-state index in [1.807, 2.05) is 30.3 Å². The van der Waals surface area contributed by atoms with Crippen molar-refractivity contribution in [3.8, 4) is 0 Å². The molecule has 1 aromatic carbocycles. The average molecular weight is 366 g/mol. The van der Waals surface area contributed by atoms with Crippen LogP contribution in [0.15, 0.2) is 59.5 Å². The van der Waals surface area contributed by atoms with E-state index < -0.39 is 6.04 Å². The van der Waals surface area contributed by atoms with Crippen LogP contribution in [0.25, 0.3) is 0 Å². The van der Waals surface area contributed by atoms with Gasteiger partial charge in [0.1, 0.15) is 6.33 Å². The molecule has 0 N–H and O–H groups in total. The molecule has 2 aromatic heterocycles. The molecule has 1 aliphatic heterocycles. The summed E-state index contributed by atoms with van der Waals surface area (Å²) >= 11 is 0. The minimum atomic E-state index is -0.631. The molecule has 0 aliphatic carbocycles. The summed E-state index contributed by atoms with van der Waals surface area (Å²) in [6.45, 7) is 1.78. The van der Waals surface area contributed by atoms with Crippen molar-refractivity contribution >= 4 is 11.8 Å². The summed E-state index contributed by atoms with van der Waals surface area (Å²) in [5, 5.41) is 11.2. The Hall–Kier alpha value is -3.49. The van der Waals surface area contributed by atoms with Crippen molar-refractivity contribution in [2.24, 2.45) is 0 Å². The highest BCUT2D eigenvalue weighted by Crippen LogP contribution is 2.21. The zero-order chi connectivity index (χ0) is 18.6. The van der Waals surface area contributed by atoms with Crippen LogP contribution < -0.4 is 0 Å². The Bertz CT molecular complexity index is 887. The first-order chi connectivity index (χ1) is 13.2. The lowest BCUT2D eigenvalue weighted by atomic mass is 10.1. The summed E-state index contributed by atoms with van der Waals surface area (Å²) < 4.78 is 6.63. The van der Waals surface area contributed by atoms with E-state index in [1.165, 1.54) is 17.3 Å². The van der Waals surface area contributed by atoms with Gasteiger partial charge in [-0.05, 0) is 28.1 Å². The quantitative estimate of drug-likeness (QED) is 0.679. The fraction of sp³-hybridized carbons (Fsp3) is 0.278.